The minimum atomic E-state index is -3.01. The predicted octanol–water partition coefficient (Wildman–Crippen LogP) is 3.73. The second kappa shape index (κ2) is 10.7. The number of nitrogens with one attached hydrogen (secondary N) is 1. The van der Waals surface area contributed by atoms with Crippen molar-refractivity contribution in [2.24, 2.45) is 5.16 Å². The molecule has 1 aromatic carbocycles. The molecule has 1 fully saturated rings. The third-order valence-corrected chi connectivity index (χ3v) is 8.72. The molecule has 0 aliphatic heterocycles. The number of nitrogens with zero attached hydrogens (tertiary/aromatic N) is 3. The van der Waals surface area contributed by atoms with Crippen LogP contribution in [0.4, 0.5) is 5.13 Å². The fraction of sp³-hybridized carbons (Fsp3) is 0.333. The number of carbonyl (C=O) groups excluding carboxylic acids is 1. The maximum Gasteiger partial charge on any atom is 0.280 e. The van der Waals surface area contributed by atoms with Gasteiger partial charge >= 0.3 is 0 Å². The molecule has 5 N–H and O–H groups in total. The van der Waals surface area contributed by atoms with Gasteiger partial charge in [-0.1, -0.05) is 34.7 Å². The molecule has 0 unspecified atom stereocenters. The first-order chi connectivity index (χ1) is 17.8. The fourth-order valence-electron chi connectivity index (χ4n) is 3.83. The molecular formula is C24H26N4O7S2. The van der Waals surface area contributed by atoms with Gasteiger partial charge in [-0.25, -0.2) is 9.97 Å². The first-order valence-corrected chi connectivity index (χ1v) is 14.0. The van der Waals surface area contributed by atoms with E-state index in [0.717, 1.165) is 11.3 Å². The number of rotatable bonds is 10. The lowest BCUT2D eigenvalue weighted by Gasteiger charge is -2.30. The number of allylic oxidation sites excluding steroid dienone is 2. The molecule has 2 aromatic heterocycles. The van der Waals surface area contributed by atoms with Crippen molar-refractivity contribution in [2.75, 3.05) is 18.5 Å². The smallest absolute Gasteiger partial charge is 0.280 e. The quantitative estimate of drug-likeness (QED) is 0.188. The number of ether oxygens (including phenoxy) is 1. The summed E-state index contributed by atoms with van der Waals surface area (Å²) in [5.41, 5.74) is 0.961. The van der Waals surface area contributed by atoms with Gasteiger partial charge in [0.15, 0.2) is 10.8 Å². The molecule has 2 aliphatic rings. The van der Waals surface area contributed by atoms with Crippen LogP contribution in [0.5, 0.6) is 5.88 Å². The van der Waals surface area contributed by atoms with E-state index >= 15 is 0 Å². The molecule has 1 amide bonds. The van der Waals surface area contributed by atoms with Crippen molar-refractivity contribution < 1.29 is 33.7 Å². The Bertz CT molecular complexity index is 1360. The Balaban J connectivity index is 1.38. The first kappa shape index (κ1) is 25.6. The van der Waals surface area contributed by atoms with Gasteiger partial charge in [-0.15, -0.1) is 10.6 Å². The van der Waals surface area contributed by atoms with Crippen molar-refractivity contribution in [3.63, 3.8) is 0 Å². The number of benzene rings is 1. The number of pyridine rings is 1. The molecule has 0 spiro atoms. The highest BCUT2D eigenvalue weighted by Gasteiger charge is 2.28. The van der Waals surface area contributed by atoms with Crippen LogP contribution in [0.3, 0.4) is 0 Å². The fourth-order valence-corrected chi connectivity index (χ4v) is 6.03. The Labute approximate surface area is 217 Å². The van der Waals surface area contributed by atoms with Crippen LogP contribution < -0.4 is 10.1 Å². The Morgan fingerprint density at radius 3 is 2.62 bits per heavy atom. The van der Waals surface area contributed by atoms with Crippen LogP contribution in [0.25, 0.3) is 10.3 Å². The summed E-state index contributed by atoms with van der Waals surface area (Å²) >= 11 is 1.15. The van der Waals surface area contributed by atoms with Gasteiger partial charge in [0, 0.05) is 29.4 Å². The number of hydrogen-bond donors (Lipinski definition) is 5. The number of fused-ring (bicyclic) bond motifs is 1. The molecule has 2 atom stereocenters. The lowest BCUT2D eigenvalue weighted by molar-refractivity contribution is -0.110. The number of thiazole rings is 1. The van der Waals surface area contributed by atoms with E-state index in [4.69, 9.17) is 14.7 Å². The second-order valence-corrected chi connectivity index (χ2v) is 11.7. The third kappa shape index (κ3) is 5.92. The zero-order valence-electron chi connectivity index (χ0n) is 19.6. The summed E-state index contributed by atoms with van der Waals surface area (Å²) in [5, 5.41) is 25.9. The maximum atomic E-state index is 13.3. The molecule has 0 bridgehead atoms. The molecule has 2 aliphatic carbocycles. The Morgan fingerprint density at radius 1 is 1.16 bits per heavy atom. The third-order valence-electron chi connectivity index (χ3n) is 5.85. The molecule has 1 saturated carbocycles. The summed E-state index contributed by atoms with van der Waals surface area (Å²) in [4.78, 5) is 29.1. The second-order valence-electron chi connectivity index (χ2n) is 8.60. The van der Waals surface area contributed by atoms with Gasteiger partial charge < -0.3 is 19.8 Å². The van der Waals surface area contributed by atoms with E-state index in [1.54, 1.807) is 42.5 Å². The van der Waals surface area contributed by atoms with Crippen LogP contribution in [0, 0.1) is 0 Å². The van der Waals surface area contributed by atoms with Crippen molar-refractivity contribution in [2.45, 2.75) is 42.8 Å². The summed E-state index contributed by atoms with van der Waals surface area (Å²) in [6.07, 6.45) is 3.23. The SMILES string of the molecule is O=C(Nc1nc2ccc(OCCO)nc2s1)C(=NO[C@@H]1CC[C@@H](O)C1)c1ccc(S(O)(O)C2=CC2)cc1. The van der Waals surface area contributed by atoms with Crippen molar-refractivity contribution in [1.82, 2.24) is 9.97 Å². The number of aliphatic hydroxyl groups is 2. The van der Waals surface area contributed by atoms with Crippen LogP contribution >= 0.6 is 21.9 Å². The van der Waals surface area contributed by atoms with E-state index in [0.29, 0.717) is 62.4 Å². The number of aliphatic hydroxyl groups excluding tert-OH is 2. The number of hydrogen-bond acceptors (Lipinski definition) is 11. The first-order valence-electron chi connectivity index (χ1n) is 11.7. The Kier molecular flexibility index (Phi) is 7.42. The summed E-state index contributed by atoms with van der Waals surface area (Å²) in [5.74, 6) is -0.232. The Morgan fingerprint density at radius 2 is 1.95 bits per heavy atom. The number of anilines is 1. The Hall–Kier alpha value is -3.07. The molecular weight excluding hydrogens is 520 g/mol. The largest absolute Gasteiger partial charge is 0.475 e. The number of amides is 1. The summed E-state index contributed by atoms with van der Waals surface area (Å²) in [7, 11) is -3.01. The van der Waals surface area contributed by atoms with Crippen molar-refractivity contribution in [1.29, 1.82) is 0 Å². The highest BCUT2D eigenvalue weighted by molar-refractivity contribution is 8.27. The maximum absolute atomic E-state index is 13.3. The van der Waals surface area contributed by atoms with Gasteiger partial charge in [0.25, 0.3) is 5.91 Å². The minimum absolute atomic E-state index is 0.0192. The van der Waals surface area contributed by atoms with E-state index in [-0.39, 0.29) is 25.0 Å². The number of carbonyl (C=O) groups is 1. The van der Waals surface area contributed by atoms with Gasteiger partial charge in [-0.2, -0.15) is 0 Å². The topological polar surface area (TPSA) is 167 Å². The summed E-state index contributed by atoms with van der Waals surface area (Å²) < 4.78 is 26.2. The van der Waals surface area contributed by atoms with Crippen molar-refractivity contribution in [3.8, 4) is 5.88 Å². The molecule has 11 nitrogen and oxygen atoms in total. The van der Waals surface area contributed by atoms with E-state index < -0.39 is 22.6 Å². The number of aromatic nitrogens is 2. The number of oxime groups is 1. The molecule has 13 heteroatoms. The van der Waals surface area contributed by atoms with Crippen molar-refractivity contribution in [3.05, 3.63) is 52.9 Å². The lowest BCUT2D eigenvalue weighted by atomic mass is 10.1. The van der Waals surface area contributed by atoms with Crippen molar-refractivity contribution >= 4 is 49.0 Å². The van der Waals surface area contributed by atoms with Crippen LogP contribution in [0.15, 0.2) is 57.4 Å². The molecule has 37 heavy (non-hydrogen) atoms. The van der Waals surface area contributed by atoms with Gasteiger partial charge in [-0.3, -0.25) is 19.2 Å². The summed E-state index contributed by atoms with van der Waals surface area (Å²) in [6.45, 7) is -0.0181. The highest BCUT2D eigenvalue weighted by Crippen LogP contribution is 2.61. The zero-order valence-corrected chi connectivity index (χ0v) is 21.2. The molecule has 5 rings (SSSR count). The molecule has 0 saturated heterocycles. The predicted molar refractivity (Wildman–Crippen MR) is 140 cm³/mol. The van der Waals surface area contributed by atoms with Gasteiger partial charge in [0.2, 0.25) is 5.88 Å². The average molecular weight is 547 g/mol. The van der Waals surface area contributed by atoms with E-state index in [1.165, 1.54) is 0 Å². The van der Waals surface area contributed by atoms with E-state index in [9.17, 15) is 19.0 Å². The lowest BCUT2D eigenvalue weighted by Crippen LogP contribution is -2.25. The standard InChI is InChI=1S/C24H26N4O7S2/c29-11-12-34-20-10-9-19-23(26-20)36-24(25-19)27-22(31)21(28-35-16-4-3-15(30)13-16)14-1-5-17(6-2-14)37(32,33)18-7-8-18/h1-2,5-7,9-10,15-16,29-30,32-33H,3-4,8,11-13H2,(H,25,27,31)/t15-,16-/m1/s1. The van der Waals surface area contributed by atoms with Gasteiger partial charge in [-0.05, 0) is 31.0 Å². The van der Waals surface area contributed by atoms with Crippen LogP contribution in [-0.2, 0) is 9.63 Å². The van der Waals surface area contributed by atoms with E-state index in [2.05, 4.69) is 20.4 Å². The van der Waals surface area contributed by atoms with Gasteiger partial charge in [0.05, 0.1) is 17.6 Å². The van der Waals surface area contributed by atoms with E-state index in [1.807, 2.05) is 0 Å². The molecule has 0 radical (unpaired) electrons. The van der Waals surface area contributed by atoms with Gasteiger partial charge in [0.1, 0.15) is 23.1 Å². The minimum Gasteiger partial charge on any atom is -0.475 e. The highest BCUT2D eigenvalue weighted by atomic mass is 32.3. The van der Waals surface area contributed by atoms with Crippen LogP contribution in [-0.4, -0.2) is 66.3 Å². The summed E-state index contributed by atoms with van der Waals surface area (Å²) in [6, 6.07) is 9.62. The monoisotopic (exact) mass is 546 g/mol. The molecule has 3 aromatic rings. The normalized spacial score (nSPS) is 20.0. The zero-order chi connectivity index (χ0) is 26.0. The average Bonchev–Trinajstić information content (AvgIpc) is 3.56. The molecule has 196 valence electrons. The van der Waals surface area contributed by atoms with Crippen LogP contribution in [0.2, 0.25) is 0 Å². The molecule has 2 heterocycles. The van der Waals surface area contributed by atoms with Crippen LogP contribution in [0.1, 0.15) is 31.2 Å².